The van der Waals surface area contributed by atoms with Crippen LogP contribution in [0.25, 0.3) is 0 Å². The van der Waals surface area contributed by atoms with Crippen LogP contribution in [0.5, 0.6) is 0 Å². The standard InChI is InChI=1S/C11H20N2/c1-6-13-7-11(10(5)12-13)9(4)8(2)3/h7-9H,6H2,1-5H3. The van der Waals surface area contributed by atoms with Gasteiger partial charge < -0.3 is 0 Å². The summed E-state index contributed by atoms with van der Waals surface area (Å²) in [7, 11) is 0. The topological polar surface area (TPSA) is 17.8 Å². The van der Waals surface area contributed by atoms with E-state index in [4.69, 9.17) is 0 Å². The predicted octanol–water partition coefficient (Wildman–Crippen LogP) is 2.97. The van der Waals surface area contributed by atoms with Crippen molar-refractivity contribution < 1.29 is 0 Å². The first-order valence-corrected chi connectivity index (χ1v) is 5.10. The molecule has 0 aliphatic rings. The Morgan fingerprint density at radius 1 is 1.38 bits per heavy atom. The fourth-order valence-corrected chi connectivity index (χ4v) is 1.50. The summed E-state index contributed by atoms with van der Waals surface area (Å²) in [4.78, 5) is 0. The zero-order valence-corrected chi connectivity index (χ0v) is 9.33. The third-order valence-corrected chi connectivity index (χ3v) is 2.80. The lowest BCUT2D eigenvalue weighted by atomic mass is 9.91. The van der Waals surface area contributed by atoms with Gasteiger partial charge in [-0.2, -0.15) is 5.10 Å². The highest BCUT2D eigenvalue weighted by Crippen LogP contribution is 2.25. The average molecular weight is 180 g/mol. The lowest BCUT2D eigenvalue weighted by Gasteiger charge is -2.13. The molecule has 0 bridgehead atoms. The third-order valence-electron chi connectivity index (χ3n) is 2.80. The Balaban J connectivity index is 2.93. The molecule has 1 rings (SSSR count). The van der Waals surface area contributed by atoms with Crippen molar-refractivity contribution in [3.8, 4) is 0 Å². The molecule has 0 saturated heterocycles. The van der Waals surface area contributed by atoms with Gasteiger partial charge in [0.1, 0.15) is 0 Å². The maximum absolute atomic E-state index is 4.45. The molecule has 2 nitrogen and oxygen atoms in total. The number of aryl methyl sites for hydroxylation is 2. The molecule has 0 amide bonds. The molecular weight excluding hydrogens is 160 g/mol. The van der Waals surface area contributed by atoms with Crippen LogP contribution in [0.2, 0.25) is 0 Å². The molecule has 1 aromatic rings. The molecule has 1 atom stereocenters. The smallest absolute Gasteiger partial charge is 0.0628 e. The highest BCUT2D eigenvalue weighted by molar-refractivity contribution is 5.20. The molecule has 74 valence electrons. The van der Waals surface area contributed by atoms with E-state index in [1.165, 1.54) is 11.3 Å². The molecule has 0 N–H and O–H groups in total. The molecule has 1 aromatic heterocycles. The molecule has 0 fully saturated rings. The summed E-state index contributed by atoms with van der Waals surface area (Å²) in [5.41, 5.74) is 2.58. The largest absolute Gasteiger partial charge is 0.272 e. The quantitative estimate of drug-likeness (QED) is 0.699. The van der Waals surface area contributed by atoms with Crippen molar-refractivity contribution >= 4 is 0 Å². The van der Waals surface area contributed by atoms with E-state index in [1.807, 2.05) is 4.68 Å². The van der Waals surface area contributed by atoms with Gasteiger partial charge in [-0.05, 0) is 31.2 Å². The van der Waals surface area contributed by atoms with Gasteiger partial charge in [-0.1, -0.05) is 20.8 Å². The van der Waals surface area contributed by atoms with Gasteiger partial charge in [0.15, 0.2) is 0 Å². The van der Waals surface area contributed by atoms with Gasteiger partial charge in [0, 0.05) is 12.7 Å². The van der Waals surface area contributed by atoms with Crippen molar-refractivity contribution in [2.45, 2.75) is 47.1 Å². The van der Waals surface area contributed by atoms with Crippen LogP contribution in [0.4, 0.5) is 0 Å². The van der Waals surface area contributed by atoms with E-state index in [-0.39, 0.29) is 0 Å². The van der Waals surface area contributed by atoms with Crippen molar-refractivity contribution in [3.05, 3.63) is 17.5 Å². The van der Waals surface area contributed by atoms with Gasteiger partial charge in [-0.25, -0.2) is 0 Å². The van der Waals surface area contributed by atoms with Gasteiger partial charge >= 0.3 is 0 Å². The van der Waals surface area contributed by atoms with E-state index in [2.05, 4.69) is 45.9 Å². The van der Waals surface area contributed by atoms with Crippen molar-refractivity contribution in [3.63, 3.8) is 0 Å². The number of hydrogen-bond acceptors (Lipinski definition) is 1. The first kappa shape index (κ1) is 10.3. The summed E-state index contributed by atoms with van der Waals surface area (Å²) in [6.45, 7) is 12.0. The van der Waals surface area contributed by atoms with Crippen LogP contribution in [0.15, 0.2) is 6.20 Å². The normalized spacial score (nSPS) is 13.7. The van der Waals surface area contributed by atoms with Gasteiger partial charge in [0.25, 0.3) is 0 Å². The van der Waals surface area contributed by atoms with E-state index in [0.717, 1.165) is 6.54 Å². The summed E-state index contributed by atoms with van der Waals surface area (Å²) in [6, 6.07) is 0. The summed E-state index contributed by atoms with van der Waals surface area (Å²) in [5, 5.41) is 4.45. The van der Waals surface area contributed by atoms with Crippen molar-refractivity contribution in [1.82, 2.24) is 9.78 Å². The molecule has 1 unspecified atom stereocenters. The Labute approximate surface area is 81.0 Å². The maximum Gasteiger partial charge on any atom is 0.0628 e. The molecule has 0 aromatic carbocycles. The van der Waals surface area contributed by atoms with Crippen LogP contribution in [0.3, 0.4) is 0 Å². The second-order valence-electron chi connectivity index (χ2n) is 4.06. The third kappa shape index (κ3) is 2.11. The van der Waals surface area contributed by atoms with Crippen LogP contribution < -0.4 is 0 Å². The second kappa shape index (κ2) is 3.95. The molecule has 2 heteroatoms. The molecule has 0 spiro atoms. The molecular formula is C11H20N2. The molecule has 0 radical (unpaired) electrons. The SMILES string of the molecule is CCn1cc(C(C)C(C)C)c(C)n1. The highest BCUT2D eigenvalue weighted by atomic mass is 15.3. The monoisotopic (exact) mass is 180 g/mol. The Morgan fingerprint density at radius 2 is 2.00 bits per heavy atom. The number of hydrogen-bond donors (Lipinski definition) is 0. The molecule has 0 saturated carbocycles. The number of nitrogens with zero attached hydrogens (tertiary/aromatic N) is 2. The average Bonchev–Trinajstić information content (AvgIpc) is 2.45. The Kier molecular flexibility index (Phi) is 3.12. The van der Waals surface area contributed by atoms with Crippen molar-refractivity contribution in [1.29, 1.82) is 0 Å². The highest BCUT2D eigenvalue weighted by Gasteiger charge is 2.14. The number of aromatic nitrogens is 2. The zero-order valence-electron chi connectivity index (χ0n) is 9.33. The number of rotatable bonds is 3. The molecule has 0 aliphatic heterocycles. The van der Waals surface area contributed by atoms with Gasteiger partial charge in [-0.15, -0.1) is 0 Å². The summed E-state index contributed by atoms with van der Waals surface area (Å²) in [6.07, 6.45) is 2.18. The fraction of sp³-hybridized carbons (Fsp3) is 0.727. The maximum atomic E-state index is 4.45. The van der Waals surface area contributed by atoms with E-state index >= 15 is 0 Å². The predicted molar refractivity (Wildman–Crippen MR) is 55.9 cm³/mol. The van der Waals surface area contributed by atoms with Crippen molar-refractivity contribution in [2.75, 3.05) is 0 Å². The minimum atomic E-state index is 0.611. The molecule has 1 heterocycles. The van der Waals surface area contributed by atoms with Crippen LogP contribution in [-0.2, 0) is 6.54 Å². The zero-order chi connectivity index (χ0) is 10.0. The van der Waals surface area contributed by atoms with Gasteiger partial charge in [-0.3, -0.25) is 4.68 Å². The fourth-order valence-electron chi connectivity index (χ4n) is 1.50. The summed E-state index contributed by atoms with van der Waals surface area (Å²) >= 11 is 0. The van der Waals surface area contributed by atoms with Crippen LogP contribution >= 0.6 is 0 Å². The second-order valence-corrected chi connectivity index (χ2v) is 4.06. The Hall–Kier alpha value is -0.790. The lowest BCUT2D eigenvalue weighted by Crippen LogP contribution is -2.02. The minimum Gasteiger partial charge on any atom is -0.272 e. The first-order valence-electron chi connectivity index (χ1n) is 5.10. The Bertz CT molecular complexity index is 274. The molecule has 13 heavy (non-hydrogen) atoms. The van der Waals surface area contributed by atoms with Crippen LogP contribution in [-0.4, -0.2) is 9.78 Å². The van der Waals surface area contributed by atoms with Crippen LogP contribution in [0.1, 0.15) is 44.9 Å². The van der Waals surface area contributed by atoms with Crippen LogP contribution in [0, 0.1) is 12.8 Å². The van der Waals surface area contributed by atoms with Gasteiger partial charge in [0.2, 0.25) is 0 Å². The minimum absolute atomic E-state index is 0.611. The van der Waals surface area contributed by atoms with Crippen molar-refractivity contribution in [2.24, 2.45) is 5.92 Å². The van der Waals surface area contributed by atoms with E-state index in [9.17, 15) is 0 Å². The lowest BCUT2D eigenvalue weighted by molar-refractivity contribution is 0.532. The summed E-state index contributed by atoms with van der Waals surface area (Å²) in [5.74, 6) is 1.30. The van der Waals surface area contributed by atoms with E-state index in [1.54, 1.807) is 0 Å². The molecule has 0 aliphatic carbocycles. The Morgan fingerprint density at radius 3 is 2.38 bits per heavy atom. The first-order chi connectivity index (χ1) is 6.06. The summed E-state index contributed by atoms with van der Waals surface area (Å²) < 4.78 is 2.02. The van der Waals surface area contributed by atoms with Gasteiger partial charge in [0.05, 0.1) is 5.69 Å². The van der Waals surface area contributed by atoms with E-state index < -0.39 is 0 Å². The van der Waals surface area contributed by atoms with E-state index in [0.29, 0.717) is 11.8 Å².